The third-order valence-corrected chi connectivity index (χ3v) is 3.91. The van der Waals surface area contributed by atoms with Crippen LogP contribution in [0.3, 0.4) is 0 Å². The summed E-state index contributed by atoms with van der Waals surface area (Å²) in [4.78, 5) is 17.3. The third-order valence-electron chi connectivity index (χ3n) is 3.27. The monoisotopic (exact) mass is 273 g/mol. The summed E-state index contributed by atoms with van der Waals surface area (Å²) in [6, 6.07) is 9.69. The highest BCUT2D eigenvalue weighted by Crippen LogP contribution is 2.18. The minimum Gasteiger partial charge on any atom is -0.312 e. The largest absolute Gasteiger partial charge is 0.312 e. The van der Waals surface area contributed by atoms with Crippen molar-refractivity contribution in [2.75, 3.05) is 12.8 Å². The molecule has 3 rings (SSSR count). The van der Waals surface area contributed by atoms with Crippen LogP contribution in [0.1, 0.15) is 11.3 Å². The minimum atomic E-state index is 0.0488. The zero-order valence-corrected chi connectivity index (χ0v) is 11.5. The van der Waals surface area contributed by atoms with Gasteiger partial charge in [-0.2, -0.15) is 0 Å². The summed E-state index contributed by atoms with van der Waals surface area (Å²) in [5.74, 6) is 0. The van der Waals surface area contributed by atoms with Crippen molar-refractivity contribution in [3.05, 3.63) is 51.9 Å². The van der Waals surface area contributed by atoms with Gasteiger partial charge in [-0.1, -0.05) is 30.0 Å². The van der Waals surface area contributed by atoms with Gasteiger partial charge < -0.3 is 5.32 Å². The predicted molar refractivity (Wildman–Crippen MR) is 77.0 cm³/mol. The van der Waals surface area contributed by atoms with Crippen LogP contribution in [-0.2, 0) is 13.0 Å². The van der Waals surface area contributed by atoms with Crippen molar-refractivity contribution in [3.63, 3.8) is 0 Å². The molecule has 1 aromatic carbocycles. The van der Waals surface area contributed by atoms with Crippen LogP contribution in [0.5, 0.6) is 0 Å². The van der Waals surface area contributed by atoms with Crippen LogP contribution in [0.4, 0.5) is 0 Å². The summed E-state index contributed by atoms with van der Waals surface area (Å²) < 4.78 is 1.70. The number of nitrogens with zero attached hydrogens (tertiary/aromatic N) is 2. The fraction of sp³-hybridized carbons (Fsp3) is 0.286. The zero-order valence-electron chi connectivity index (χ0n) is 10.7. The molecule has 1 aliphatic heterocycles. The Hall–Kier alpha value is -1.59. The number of hydrogen-bond acceptors (Lipinski definition) is 4. The summed E-state index contributed by atoms with van der Waals surface area (Å²) in [6.07, 6.45) is 2.78. The number of hydrogen-bond donors (Lipinski definition) is 1. The Kier molecular flexibility index (Phi) is 3.40. The van der Waals surface area contributed by atoms with Gasteiger partial charge in [-0.3, -0.25) is 9.36 Å². The first-order chi connectivity index (χ1) is 9.31. The van der Waals surface area contributed by atoms with Crippen LogP contribution in [0, 0.1) is 0 Å². The average Bonchev–Trinajstić information content (AvgIpc) is 2.48. The molecule has 0 aliphatic carbocycles. The molecule has 1 N–H and O–H groups in total. The Morgan fingerprint density at radius 2 is 2.11 bits per heavy atom. The molecule has 0 spiro atoms. The fourth-order valence-electron chi connectivity index (χ4n) is 2.32. The maximum atomic E-state index is 12.7. The second-order valence-electron chi connectivity index (χ2n) is 4.43. The van der Waals surface area contributed by atoms with E-state index in [9.17, 15) is 4.79 Å². The normalized spacial score (nSPS) is 14.2. The van der Waals surface area contributed by atoms with E-state index in [1.54, 1.807) is 4.57 Å². The van der Waals surface area contributed by atoms with E-state index in [4.69, 9.17) is 0 Å². The summed E-state index contributed by atoms with van der Waals surface area (Å²) in [5.41, 5.74) is 2.67. The summed E-state index contributed by atoms with van der Waals surface area (Å²) in [7, 11) is 0. The van der Waals surface area contributed by atoms with E-state index in [2.05, 4.69) is 10.3 Å². The third kappa shape index (κ3) is 2.19. The summed E-state index contributed by atoms with van der Waals surface area (Å²) in [5, 5.41) is 4.00. The van der Waals surface area contributed by atoms with Crippen LogP contribution < -0.4 is 10.9 Å². The van der Waals surface area contributed by atoms with Gasteiger partial charge in [-0.25, -0.2) is 4.98 Å². The smallest absolute Gasteiger partial charge is 0.263 e. The molecule has 0 saturated heterocycles. The minimum absolute atomic E-state index is 0.0488. The Bertz CT molecular complexity index is 652. The molecule has 0 atom stereocenters. The quantitative estimate of drug-likeness (QED) is 0.667. The van der Waals surface area contributed by atoms with Crippen LogP contribution >= 0.6 is 11.8 Å². The van der Waals surface area contributed by atoms with Crippen molar-refractivity contribution in [1.82, 2.24) is 14.9 Å². The second-order valence-corrected chi connectivity index (χ2v) is 5.20. The zero-order chi connectivity index (χ0) is 13.2. The molecule has 1 aliphatic rings. The molecule has 4 nitrogen and oxygen atoms in total. The Balaban J connectivity index is 2.26. The lowest BCUT2D eigenvalue weighted by Crippen LogP contribution is -2.35. The molecule has 0 fully saturated rings. The van der Waals surface area contributed by atoms with Crippen molar-refractivity contribution in [1.29, 1.82) is 0 Å². The molecule has 0 bridgehead atoms. The van der Waals surface area contributed by atoms with Gasteiger partial charge in [0, 0.05) is 19.5 Å². The van der Waals surface area contributed by atoms with Gasteiger partial charge >= 0.3 is 0 Å². The van der Waals surface area contributed by atoms with E-state index >= 15 is 0 Å². The lowest BCUT2D eigenvalue weighted by Gasteiger charge is -2.19. The standard InChI is InChI=1S/C14H15N3OS/c1-19-14-16-12-7-8-15-9-11(12)13(18)17(14)10-5-3-2-4-6-10/h2-6,15H,7-9H2,1H3. The maximum Gasteiger partial charge on any atom is 0.263 e. The number of aromatic nitrogens is 2. The van der Waals surface area contributed by atoms with Crippen molar-refractivity contribution >= 4 is 11.8 Å². The highest BCUT2D eigenvalue weighted by molar-refractivity contribution is 7.98. The van der Waals surface area contributed by atoms with Gasteiger partial charge in [0.05, 0.1) is 16.9 Å². The second kappa shape index (κ2) is 5.19. The molecule has 5 heteroatoms. The van der Waals surface area contributed by atoms with E-state index in [0.717, 1.165) is 35.1 Å². The van der Waals surface area contributed by atoms with Crippen molar-refractivity contribution in [2.24, 2.45) is 0 Å². The van der Waals surface area contributed by atoms with Crippen LogP contribution in [0.2, 0.25) is 0 Å². The molecule has 0 unspecified atom stereocenters. The van der Waals surface area contributed by atoms with Crippen molar-refractivity contribution in [2.45, 2.75) is 18.1 Å². The fourth-order valence-corrected chi connectivity index (χ4v) is 2.90. The highest BCUT2D eigenvalue weighted by atomic mass is 32.2. The molecular weight excluding hydrogens is 258 g/mol. The first kappa shape index (κ1) is 12.4. The van der Waals surface area contributed by atoms with E-state index < -0.39 is 0 Å². The van der Waals surface area contributed by atoms with Crippen molar-refractivity contribution < 1.29 is 0 Å². The highest BCUT2D eigenvalue weighted by Gasteiger charge is 2.19. The van der Waals surface area contributed by atoms with Gasteiger partial charge in [0.1, 0.15) is 0 Å². The van der Waals surface area contributed by atoms with Crippen LogP contribution in [-0.4, -0.2) is 22.4 Å². The Labute approximate surface area is 115 Å². The topological polar surface area (TPSA) is 46.9 Å². The summed E-state index contributed by atoms with van der Waals surface area (Å²) >= 11 is 1.51. The molecule has 1 aromatic heterocycles. The maximum absolute atomic E-state index is 12.7. The number of benzene rings is 1. The Morgan fingerprint density at radius 3 is 2.84 bits per heavy atom. The van der Waals surface area contributed by atoms with E-state index in [1.165, 1.54) is 11.8 Å². The molecule has 2 aromatic rings. The number of nitrogens with one attached hydrogen (secondary N) is 1. The Morgan fingerprint density at radius 1 is 1.32 bits per heavy atom. The number of fused-ring (bicyclic) bond motifs is 1. The lowest BCUT2D eigenvalue weighted by molar-refractivity contribution is 0.595. The molecule has 0 saturated carbocycles. The SMILES string of the molecule is CSc1nc2c(c(=O)n1-c1ccccc1)CNCC2. The first-order valence-electron chi connectivity index (χ1n) is 6.26. The molecule has 98 valence electrons. The first-order valence-corrected chi connectivity index (χ1v) is 7.48. The molecular formula is C14H15N3OS. The lowest BCUT2D eigenvalue weighted by atomic mass is 10.1. The number of rotatable bonds is 2. The van der Waals surface area contributed by atoms with Gasteiger partial charge in [0.2, 0.25) is 0 Å². The number of thioether (sulfide) groups is 1. The van der Waals surface area contributed by atoms with Gasteiger partial charge in [0.15, 0.2) is 5.16 Å². The van der Waals surface area contributed by atoms with E-state index in [1.807, 2.05) is 36.6 Å². The summed E-state index contributed by atoms with van der Waals surface area (Å²) in [6.45, 7) is 1.51. The van der Waals surface area contributed by atoms with Crippen LogP contribution in [0.25, 0.3) is 5.69 Å². The molecule has 2 heterocycles. The van der Waals surface area contributed by atoms with Crippen LogP contribution in [0.15, 0.2) is 40.3 Å². The molecule has 0 amide bonds. The van der Waals surface area contributed by atoms with E-state index in [0.29, 0.717) is 6.54 Å². The van der Waals surface area contributed by atoms with Gasteiger partial charge in [0.25, 0.3) is 5.56 Å². The van der Waals surface area contributed by atoms with Gasteiger partial charge in [-0.05, 0) is 18.4 Å². The van der Waals surface area contributed by atoms with Gasteiger partial charge in [-0.15, -0.1) is 0 Å². The van der Waals surface area contributed by atoms with E-state index in [-0.39, 0.29) is 5.56 Å². The average molecular weight is 273 g/mol. The number of para-hydroxylation sites is 1. The molecule has 19 heavy (non-hydrogen) atoms. The van der Waals surface area contributed by atoms with Crippen molar-refractivity contribution in [3.8, 4) is 5.69 Å². The molecule has 0 radical (unpaired) electrons. The predicted octanol–water partition coefficient (Wildman–Crippen LogP) is 1.60.